The second-order valence-corrected chi connectivity index (χ2v) is 6.56. The molecule has 4 nitrogen and oxygen atoms in total. The number of hydrogen-bond donors (Lipinski definition) is 0. The van der Waals surface area contributed by atoms with E-state index in [1.54, 1.807) is 13.2 Å². The van der Waals surface area contributed by atoms with Gasteiger partial charge in [-0.05, 0) is 41.2 Å². The zero-order valence-corrected chi connectivity index (χ0v) is 15.4. The highest BCUT2D eigenvalue weighted by Gasteiger charge is 2.22. The summed E-state index contributed by atoms with van der Waals surface area (Å²) in [7, 11) is 1.65. The van der Waals surface area contributed by atoms with E-state index in [2.05, 4.69) is 31.0 Å². The minimum absolute atomic E-state index is 0.345. The maximum Gasteiger partial charge on any atom is 0.363 e. The van der Waals surface area contributed by atoms with Gasteiger partial charge in [0.2, 0.25) is 0 Å². The van der Waals surface area contributed by atoms with Gasteiger partial charge in [-0.2, -0.15) is 0 Å². The minimum Gasteiger partial charge on any atom is -0.496 e. The Bertz CT molecular complexity index is 848. The van der Waals surface area contributed by atoms with Crippen molar-refractivity contribution in [3.8, 4) is 5.75 Å². The van der Waals surface area contributed by atoms with Crippen molar-refractivity contribution in [3.05, 3.63) is 70.9 Å². The number of ether oxygens (including phenoxy) is 2. The zero-order valence-electron chi connectivity index (χ0n) is 15.4. The Labute approximate surface area is 154 Å². The normalized spacial score (nSPS) is 15.3. The second kappa shape index (κ2) is 8.00. The van der Waals surface area contributed by atoms with E-state index in [4.69, 9.17) is 9.47 Å². The van der Waals surface area contributed by atoms with Crippen LogP contribution in [0.25, 0.3) is 6.08 Å². The Morgan fingerprint density at radius 2 is 1.81 bits per heavy atom. The van der Waals surface area contributed by atoms with Crippen molar-refractivity contribution in [3.63, 3.8) is 0 Å². The molecule has 2 aromatic rings. The van der Waals surface area contributed by atoms with Crippen molar-refractivity contribution in [2.24, 2.45) is 4.99 Å². The van der Waals surface area contributed by atoms with Gasteiger partial charge in [0.1, 0.15) is 5.75 Å². The summed E-state index contributed by atoms with van der Waals surface area (Å²) in [5.41, 5.74) is 3.62. The van der Waals surface area contributed by atoms with Gasteiger partial charge in [-0.3, -0.25) is 0 Å². The highest BCUT2D eigenvalue weighted by Crippen LogP contribution is 2.22. The molecular formula is C22H23NO3. The van der Waals surface area contributed by atoms with Crippen molar-refractivity contribution in [2.45, 2.75) is 32.6 Å². The van der Waals surface area contributed by atoms with E-state index < -0.39 is 5.97 Å². The van der Waals surface area contributed by atoms with Gasteiger partial charge in [-0.1, -0.05) is 56.3 Å². The van der Waals surface area contributed by atoms with Crippen LogP contribution in [0.4, 0.5) is 0 Å². The molecule has 0 fully saturated rings. The van der Waals surface area contributed by atoms with Crippen molar-refractivity contribution >= 4 is 17.9 Å². The third-order valence-corrected chi connectivity index (χ3v) is 4.37. The number of aryl methyl sites for hydroxylation is 1. The molecule has 0 unspecified atom stereocenters. The van der Waals surface area contributed by atoms with Crippen molar-refractivity contribution < 1.29 is 14.3 Å². The average Bonchev–Trinajstić information content (AvgIpc) is 3.00. The van der Waals surface area contributed by atoms with Gasteiger partial charge in [-0.15, -0.1) is 0 Å². The number of methoxy groups -OCH3 is 1. The zero-order chi connectivity index (χ0) is 18.5. The van der Waals surface area contributed by atoms with E-state index in [1.165, 1.54) is 5.56 Å². The Kier molecular flexibility index (Phi) is 5.52. The smallest absolute Gasteiger partial charge is 0.363 e. The maximum absolute atomic E-state index is 12.1. The molecule has 1 heterocycles. The lowest BCUT2D eigenvalue weighted by molar-refractivity contribution is -0.130. The summed E-state index contributed by atoms with van der Waals surface area (Å²) in [6.45, 7) is 4.31. The van der Waals surface area contributed by atoms with E-state index >= 15 is 0 Å². The van der Waals surface area contributed by atoms with Gasteiger partial charge in [0, 0.05) is 6.42 Å². The fourth-order valence-electron chi connectivity index (χ4n) is 2.85. The number of carbonyl (C=O) groups is 1. The molecule has 0 atom stereocenters. The molecule has 26 heavy (non-hydrogen) atoms. The standard InChI is InChI=1S/C22H23NO3/c1-15(2)17-10-8-16(9-11-17)14-19-22(24)26-21(23-19)13-12-18-6-4-5-7-20(18)25-3/h4-11,14-15H,12-13H2,1-3H3/b19-14+. The van der Waals surface area contributed by atoms with Crippen LogP contribution in [-0.4, -0.2) is 19.0 Å². The predicted octanol–water partition coefficient (Wildman–Crippen LogP) is 4.75. The maximum atomic E-state index is 12.1. The Morgan fingerprint density at radius 1 is 1.08 bits per heavy atom. The summed E-state index contributed by atoms with van der Waals surface area (Å²) in [5.74, 6) is 1.37. The first-order chi connectivity index (χ1) is 12.6. The molecule has 0 amide bonds. The Morgan fingerprint density at radius 3 is 2.50 bits per heavy atom. The van der Waals surface area contributed by atoms with E-state index in [0.29, 0.717) is 30.4 Å². The number of aliphatic imine (C=N–C) groups is 1. The largest absolute Gasteiger partial charge is 0.496 e. The quantitative estimate of drug-likeness (QED) is 0.559. The molecule has 4 heteroatoms. The highest BCUT2D eigenvalue weighted by molar-refractivity contribution is 6.07. The highest BCUT2D eigenvalue weighted by atomic mass is 16.6. The molecule has 0 aromatic heterocycles. The second-order valence-electron chi connectivity index (χ2n) is 6.56. The molecule has 1 aliphatic rings. The summed E-state index contributed by atoms with van der Waals surface area (Å²) in [6, 6.07) is 16.0. The van der Waals surface area contributed by atoms with Crippen LogP contribution in [0.15, 0.2) is 59.2 Å². The summed E-state index contributed by atoms with van der Waals surface area (Å²) >= 11 is 0. The molecule has 0 bridgehead atoms. The van der Waals surface area contributed by atoms with E-state index in [0.717, 1.165) is 16.9 Å². The number of esters is 1. The molecule has 0 saturated heterocycles. The van der Waals surface area contributed by atoms with Crippen molar-refractivity contribution in [1.29, 1.82) is 0 Å². The number of rotatable bonds is 6. The van der Waals surface area contributed by atoms with Crippen LogP contribution in [0.1, 0.15) is 42.9 Å². The van der Waals surface area contributed by atoms with Gasteiger partial charge < -0.3 is 9.47 Å². The lowest BCUT2D eigenvalue weighted by Crippen LogP contribution is -2.05. The molecule has 2 aromatic carbocycles. The number of carbonyl (C=O) groups excluding carboxylic acids is 1. The van der Waals surface area contributed by atoms with Crippen molar-refractivity contribution in [1.82, 2.24) is 0 Å². The van der Waals surface area contributed by atoms with Crippen LogP contribution in [-0.2, 0) is 16.0 Å². The molecule has 134 valence electrons. The average molecular weight is 349 g/mol. The van der Waals surface area contributed by atoms with E-state index in [-0.39, 0.29) is 0 Å². The number of para-hydroxylation sites is 1. The van der Waals surface area contributed by atoms with Crippen LogP contribution >= 0.6 is 0 Å². The number of hydrogen-bond acceptors (Lipinski definition) is 4. The molecule has 0 aliphatic carbocycles. The number of nitrogens with zero attached hydrogens (tertiary/aromatic N) is 1. The fraction of sp³-hybridized carbons (Fsp3) is 0.273. The Hall–Kier alpha value is -2.88. The molecule has 0 saturated carbocycles. The van der Waals surface area contributed by atoms with Gasteiger partial charge in [0.05, 0.1) is 7.11 Å². The van der Waals surface area contributed by atoms with Crippen LogP contribution in [0, 0.1) is 0 Å². The summed E-state index contributed by atoms with van der Waals surface area (Å²) in [6.07, 6.45) is 3.02. The molecule has 0 spiro atoms. The van der Waals surface area contributed by atoms with Gasteiger partial charge in [0.25, 0.3) is 0 Å². The van der Waals surface area contributed by atoms with Gasteiger partial charge in [-0.25, -0.2) is 9.79 Å². The SMILES string of the molecule is COc1ccccc1CCC1=N/C(=C/c2ccc(C(C)C)cc2)C(=O)O1. The summed E-state index contributed by atoms with van der Waals surface area (Å²) in [4.78, 5) is 16.4. The number of benzene rings is 2. The van der Waals surface area contributed by atoms with E-state index in [9.17, 15) is 4.79 Å². The van der Waals surface area contributed by atoms with Crippen LogP contribution in [0.5, 0.6) is 5.75 Å². The lowest BCUT2D eigenvalue weighted by atomic mass is 10.0. The molecule has 1 aliphatic heterocycles. The Balaban J connectivity index is 1.70. The predicted molar refractivity (Wildman–Crippen MR) is 103 cm³/mol. The molecular weight excluding hydrogens is 326 g/mol. The first kappa shape index (κ1) is 17.9. The molecule has 0 radical (unpaired) electrons. The summed E-state index contributed by atoms with van der Waals surface area (Å²) < 4.78 is 10.7. The molecule has 0 N–H and O–H groups in total. The lowest BCUT2D eigenvalue weighted by Gasteiger charge is -2.07. The van der Waals surface area contributed by atoms with Crippen LogP contribution in [0.2, 0.25) is 0 Å². The first-order valence-electron chi connectivity index (χ1n) is 8.80. The van der Waals surface area contributed by atoms with Gasteiger partial charge >= 0.3 is 5.97 Å². The molecule has 3 rings (SSSR count). The topological polar surface area (TPSA) is 47.9 Å². The third-order valence-electron chi connectivity index (χ3n) is 4.37. The van der Waals surface area contributed by atoms with Gasteiger partial charge in [0.15, 0.2) is 11.6 Å². The van der Waals surface area contributed by atoms with Crippen molar-refractivity contribution in [2.75, 3.05) is 7.11 Å². The van der Waals surface area contributed by atoms with Crippen LogP contribution in [0.3, 0.4) is 0 Å². The van der Waals surface area contributed by atoms with E-state index in [1.807, 2.05) is 36.4 Å². The summed E-state index contributed by atoms with van der Waals surface area (Å²) in [5, 5.41) is 0. The van der Waals surface area contributed by atoms with Crippen LogP contribution < -0.4 is 4.74 Å². The monoisotopic (exact) mass is 349 g/mol. The number of cyclic esters (lactones) is 1. The minimum atomic E-state index is -0.395. The fourth-order valence-corrected chi connectivity index (χ4v) is 2.85. The third kappa shape index (κ3) is 4.20. The first-order valence-corrected chi connectivity index (χ1v) is 8.80.